The molecular weight excluding hydrogens is 365 g/mol. The summed E-state index contributed by atoms with van der Waals surface area (Å²) in [6.07, 6.45) is 0.399. The Morgan fingerprint density at radius 3 is 2.96 bits per heavy atom. The molecule has 1 N–H and O–H groups in total. The number of nitro benzene ring substituents is 1. The van der Waals surface area contributed by atoms with Gasteiger partial charge in [-0.25, -0.2) is 4.39 Å². The van der Waals surface area contributed by atoms with Crippen LogP contribution in [0.25, 0.3) is 0 Å². The first kappa shape index (κ1) is 18.4. The summed E-state index contributed by atoms with van der Waals surface area (Å²) in [5, 5.41) is 14.0. The Bertz CT molecular complexity index is 920. The molecule has 0 saturated carbocycles. The molecule has 2 heterocycles. The first-order valence-corrected chi connectivity index (χ1v) is 9.17. The Morgan fingerprint density at radius 1 is 1.32 bits per heavy atom. The zero-order valence-corrected chi connectivity index (χ0v) is 15.1. The van der Waals surface area contributed by atoms with Crippen molar-refractivity contribution in [3.05, 3.63) is 69.5 Å². The number of hydrogen-bond donors (Lipinski definition) is 1. The Balaban J connectivity index is 1.56. The van der Waals surface area contributed by atoms with Crippen molar-refractivity contribution in [3.8, 4) is 0 Å². The van der Waals surface area contributed by atoms with E-state index in [4.69, 9.17) is 4.74 Å². The molecule has 7 nitrogen and oxygen atoms in total. The maximum atomic E-state index is 13.3. The van der Waals surface area contributed by atoms with Gasteiger partial charge in [-0.05, 0) is 35.7 Å². The van der Waals surface area contributed by atoms with Crippen LogP contribution in [0, 0.1) is 21.8 Å². The fraction of sp³-hybridized carbons (Fsp3) is 0.350. The van der Waals surface area contributed by atoms with Gasteiger partial charge in [0.25, 0.3) is 5.69 Å². The highest BCUT2D eigenvalue weighted by Crippen LogP contribution is 2.37. The minimum absolute atomic E-state index is 0.0179. The van der Waals surface area contributed by atoms with Crippen molar-refractivity contribution in [1.82, 2.24) is 5.32 Å². The second kappa shape index (κ2) is 7.55. The van der Waals surface area contributed by atoms with Crippen LogP contribution >= 0.6 is 0 Å². The maximum absolute atomic E-state index is 13.3. The molecule has 2 aromatic rings. The molecule has 28 heavy (non-hydrogen) atoms. The lowest BCUT2D eigenvalue weighted by molar-refractivity contribution is -0.384. The third-order valence-electron chi connectivity index (χ3n) is 5.35. The van der Waals surface area contributed by atoms with Crippen LogP contribution in [-0.2, 0) is 22.5 Å². The van der Waals surface area contributed by atoms with E-state index in [1.165, 1.54) is 18.2 Å². The summed E-state index contributed by atoms with van der Waals surface area (Å²) < 4.78 is 18.9. The molecule has 1 saturated heterocycles. The number of hydrogen-bond acceptors (Lipinski definition) is 5. The SMILES string of the molecule is O=C(NCc1cccc(F)c1)[C@H]1Cc2cc([N+](=O)[O-])ccc2N2CCOC[C@H]12. The molecule has 0 radical (unpaired) electrons. The third kappa shape index (κ3) is 3.55. The first-order chi connectivity index (χ1) is 13.5. The van der Waals surface area contributed by atoms with Crippen molar-refractivity contribution in [1.29, 1.82) is 0 Å². The van der Waals surface area contributed by atoms with E-state index in [1.807, 2.05) is 0 Å². The molecule has 0 unspecified atom stereocenters. The normalized spacial score (nSPS) is 20.8. The van der Waals surface area contributed by atoms with Gasteiger partial charge in [0, 0.05) is 30.9 Å². The fourth-order valence-corrected chi connectivity index (χ4v) is 3.99. The molecule has 2 aliphatic rings. The summed E-state index contributed by atoms with van der Waals surface area (Å²) in [6, 6.07) is 10.8. The van der Waals surface area contributed by atoms with Crippen LogP contribution in [-0.4, -0.2) is 36.6 Å². The topological polar surface area (TPSA) is 84.7 Å². The van der Waals surface area contributed by atoms with Gasteiger partial charge in [0.15, 0.2) is 0 Å². The Labute approximate surface area is 161 Å². The number of anilines is 1. The summed E-state index contributed by atoms with van der Waals surface area (Å²) in [4.78, 5) is 25.7. The van der Waals surface area contributed by atoms with Gasteiger partial charge in [-0.3, -0.25) is 14.9 Å². The molecule has 0 aliphatic carbocycles. The molecule has 4 rings (SSSR count). The molecule has 8 heteroatoms. The number of rotatable bonds is 4. The molecule has 2 aromatic carbocycles. The zero-order chi connectivity index (χ0) is 19.7. The predicted octanol–water partition coefficient (Wildman–Crippen LogP) is 2.43. The molecule has 0 aromatic heterocycles. The number of halogens is 1. The average molecular weight is 385 g/mol. The third-order valence-corrected chi connectivity index (χ3v) is 5.35. The summed E-state index contributed by atoms with van der Waals surface area (Å²) in [7, 11) is 0. The number of nitrogens with zero attached hydrogens (tertiary/aromatic N) is 2. The summed E-state index contributed by atoms with van der Waals surface area (Å²) in [5.74, 6) is -0.914. The van der Waals surface area contributed by atoms with Crippen LogP contribution in [0.5, 0.6) is 0 Å². The van der Waals surface area contributed by atoms with Gasteiger partial charge in [-0.2, -0.15) is 0 Å². The van der Waals surface area contributed by atoms with Gasteiger partial charge in [-0.15, -0.1) is 0 Å². The van der Waals surface area contributed by atoms with E-state index >= 15 is 0 Å². The van der Waals surface area contributed by atoms with E-state index in [2.05, 4.69) is 10.2 Å². The minimum Gasteiger partial charge on any atom is -0.377 e. The number of non-ortho nitro benzene ring substituents is 1. The Morgan fingerprint density at radius 2 is 2.18 bits per heavy atom. The van der Waals surface area contributed by atoms with E-state index < -0.39 is 10.8 Å². The summed E-state index contributed by atoms with van der Waals surface area (Å²) >= 11 is 0. The van der Waals surface area contributed by atoms with E-state index in [0.29, 0.717) is 31.7 Å². The minimum atomic E-state index is -0.426. The number of nitro groups is 1. The van der Waals surface area contributed by atoms with Crippen molar-refractivity contribution in [2.24, 2.45) is 5.92 Å². The average Bonchev–Trinajstić information content (AvgIpc) is 2.71. The lowest BCUT2D eigenvalue weighted by Gasteiger charge is -2.45. The van der Waals surface area contributed by atoms with E-state index in [0.717, 1.165) is 11.3 Å². The van der Waals surface area contributed by atoms with Crippen molar-refractivity contribution < 1.29 is 18.8 Å². The van der Waals surface area contributed by atoms with Crippen molar-refractivity contribution in [2.45, 2.75) is 19.0 Å². The Kier molecular flexibility index (Phi) is 4.95. The zero-order valence-electron chi connectivity index (χ0n) is 15.1. The van der Waals surface area contributed by atoms with Crippen molar-refractivity contribution in [3.63, 3.8) is 0 Å². The number of morpholine rings is 1. The largest absolute Gasteiger partial charge is 0.377 e. The van der Waals surface area contributed by atoms with Gasteiger partial charge < -0.3 is 15.0 Å². The maximum Gasteiger partial charge on any atom is 0.269 e. The molecule has 146 valence electrons. The number of nitrogens with one attached hydrogen (secondary N) is 1. The highest BCUT2D eigenvalue weighted by molar-refractivity contribution is 5.82. The number of carbonyl (C=O) groups excluding carboxylic acids is 1. The molecule has 2 aliphatic heterocycles. The van der Waals surface area contributed by atoms with Crippen LogP contribution in [0.1, 0.15) is 11.1 Å². The molecule has 1 fully saturated rings. The fourth-order valence-electron chi connectivity index (χ4n) is 3.99. The van der Waals surface area contributed by atoms with Gasteiger partial charge in [0.2, 0.25) is 5.91 Å². The number of carbonyl (C=O) groups is 1. The number of benzene rings is 2. The van der Waals surface area contributed by atoms with E-state index in [-0.39, 0.29) is 30.0 Å². The van der Waals surface area contributed by atoms with E-state index in [9.17, 15) is 19.3 Å². The van der Waals surface area contributed by atoms with Crippen molar-refractivity contribution in [2.75, 3.05) is 24.7 Å². The van der Waals surface area contributed by atoms with Crippen LogP contribution in [0.2, 0.25) is 0 Å². The van der Waals surface area contributed by atoms with Crippen LogP contribution in [0.4, 0.5) is 15.8 Å². The quantitative estimate of drug-likeness (QED) is 0.645. The second-order valence-electron chi connectivity index (χ2n) is 7.06. The molecule has 0 bridgehead atoms. The first-order valence-electron chi connectivity index (χ1n) is 9.17. The molecular formula is C20H20FN3O4. The standard InChI is InChI=1S/C20H20FN3O4/c21-15-3-1-2-13(8-15)11-22-20(25)17-10-14-9-16(24(26)27)4-5-18(14)23-6-7-28-12-19(17)23/h1-5,8-9,17,19H,6-7,10-12H2,(H,22,25)/t17-,19+/m0/s1. The predicted molar refractivity (Wildman–Crippen MR) is 100 cm³/mol. The smallest absolute Gasteiger partial charge is 0.269 e. The van der Waals surface area contributed by atoms with Gasteiger partial charge in [0.05, 0.1) is 30.1 Å². The van der Waals surface area contributed by atoms with Crippen LogP contribution in [0.3, 0.4) is 0 Å². The van der Waals surface area contributed by atoms with E-state index in [1.54, 1.807) is 24.3 Å². The highest BCUT2D eigenvalue weighted by Gasteiger charge is 2.40. The number of fused-ring (bicyclic) bond motifs is 3. The van der Waals surface area contributed by atoms with Gasteiger partial charge in [0.1, 0.15) is 5.82 Å². The molecule has 2 atom stereocenters. The monoisotopic (exact) mass is 385 g/mol. The molecule has 1 amide bonds. The second-order valence-corrected chi connectivity index (χ2v) is 7.06. The lowest BCUT2D eigenvalue weighted by atomic mass is 9.84. The summed E-state index contributed by atoms with van der Waals surface area (Å²) in [6.45, 7) is 1.82. The number of ether oxygens (including phenoxy) is 1. The van der Waals surface area contributed by atoms with Crippen molar-refractivity contribution >= 4 is 17.3 Å². The van der Waals surface area contributed by atoms with Crippen LogP contribution < -0.4 is 10.2 Å². The molecule has 0 spiro atoms. The highest BCUT2D eigenvalue weighted by atomic mass is 19.1. The lowest BCUT2D eigenvalue weighted by Crippen LogP contribution is -2.56. The Hall–Kier alpha value is -3.00. The van der Waals surface area contributed by atoms with Gasteiger partial charge >= 0.3 is 0 Å². The number of amides is 1. The van der Waals surface area contributed by atoms with Gasteiger partial charge in [-0.1, -0.05) is 12.1 Å². The summed E-state index contributed by atoms with van der Waals surface area (Å²) in [5.41, 5.74) is 2.41. The van der Waals surface area contributed by atoms with Crippen LogP contribution in [0.15, 0.2) is 42.5 Å².